The number of hydrogen-bond donors (Lipinski definition) is 0. The molecule has 2 aromatic heterocycles. The highest BCUT2D eigenvalue weighted by Crippen LogP contribution is 2.38. The first kappa shape index (κ1) is 15.0. The van der Waals surface area contributed by atoms with Gasteiger partial charge in [-0.2, -0.15) is 4.98 Å². The predicted octanol–water partition coefficient (Wildman–Crippen LogP) is 3.06. The third kappa shape index (κ3) is 2.85. The molecule has 7 heteroatoms. The number of fused-ring (bicyclic) bond motifs is 1. The Kier molecular flexibility index (Phi) is 4.05. The van der Waals surface area contributed by atoms with Crippen LogP contribution in [-0.2, 0) is 15.1 Å². The lowest BCUT2D eigenvalue weighted by Crippen LogP contribution is -2.36. The minimum atomic E-state index is -0.347. The number of aromatic nitrogens is 2. The van der Waals surface area contributed by atoms with Gasteiger partial charge in [-0.1, -0.05) is 0 Å². The van der Waals surface area contributed by atoms with E-state index in [4.69, 9.17) is 21.1 Å². The number of methoxy groups -OCH3 is 1. The summed E-state index contributed by atoms with van der Waals surface area (Å²) in [5, 5.41) is 1.32. The molecule has 0 saturated carbocycles. The number of thiophene rings is 1. The monoisotopic (exact) mass is 327 g/mol. The van der Waals surface area contributed by atoms with Crippen molar-refractivity contribution in [2.75, 3.05) is 38.3 Å². The zero-order chi connectivity index (χ0) is 15.0. The van der Waals surface area contributed by atoms with Crippen LogP contribution < -0.4 is 4.90 Å². The van der Waals surface area contributed by atoms with Crippen LogP contribution in [0.3, 0.4) is 0 Å². The van der Waals surface area contributed by atoms with E-state index >= 15 is 0 Å². The van der Waals surface area contributed by atoms with E-state index in [2.05, 4.69) is 20.9 Å². The largest absolute Gasteiger partial charge is 0.378 e. The Labute approximate surface area is 132 Å². The topological polar surface area (TPSA) is 47.5 Å². The maximum Gasteiger partial charge on any atom is 0.225 e. The number of nitrogens with zero attached hydrogens (tertiary/aromatic N) is 3. The van der Waals surface area contributed by atoms with E-state index in [0.29, 0.717) is 13.2 Å². The summed E-state index contributed by atoms with van der Waals surface area (Å²) in [5.74, 6) is 0.891. The second kappa shape index (κ2) is 5.68. The Morgan fingerprint density at radius 2 is 2.05 bits per heavy atom. The fraction of sp³-hybridized carbons (Fsp3) is 0.571. The molecule has 1 aliphatic heterocycles. The Hall–Kier alpha value is -0.950. The van der Waals surface area contributed by atoms with E-state index in [-0.39, 0.29) is 10.9 Å². The van der Waals surface area contributed by atoms with Crippen LogP contribution in [0.25, 0.3) is 10.2 Å². The third-order valence-electron chi connectivity index (χ3n) is 3.76. The average Bonchev–Trinajstić information content (AvgIpc) is 2.92. The van der Waals surface area contributed by atoms with Crippen molar-refractivity contribution in [2.45, 2.75) is 19.4 Å². The lowest BCUT2D eigenvalue weighted by molar-refractivity contribution is 0.0224. The number of anilines is 1. The van der Waals surface area contributed by atoms with Crippen molar-refractivity contribution in [1.82, 2.24) is 9.97 Å². The quantitative estimate of drug-likeness (QED) is 0.811. The molecule has 114 valence electrons. The lowest BCUT2D eigenvalue weighted by Gasteiger charge is -2.28. The second-order valence-electron chi connectivity index (χ2n) is 5.46. The summed E-state index contributed by atoms with van der Waals surface area (Å²) in [7, 11) is 1.71. The van der Waals surface area contributed by atoms with Crippen LogP contribution in [-0.4, -0.2) is 43.4 Å². The van der Waals surface area contributed by atoms with Gasteiger partial charge in [0.15, 0.2) is 0 Å². The van der Waals surface area contributed by atoms with Gasteiger partial charge in [0, 0.05) is 25.1 Å². The average molecular weight is 328 g/mol. The summed E-state index contributed by atoms with van der Waals surface area (Å²) in [6.45, 7) is 7.15. The first-order valence-corrected chi connectivity index (χ1v) is 8.06. The maximum atomic E-state index is 6.10. The molecule has 1 saturated heterocycles. The normalized spacial score (nSPS) is 16.7. The van der Waals surface area contributed by atoms with Crippen LogP contribution in [0.5, 0.6) is 0 Å². The molecule has 0 bridgehead atoms. The molecule has 3 rings (SSSR count). The summed E-state index contributed by atoms with van der Waals surface area (Å²) in [5.41, 5.74) is -0.347. The minimum Gasteiger partial charge on any atom is -0.378 e. The number of halogens is 1. The molecule has 1 fully saturated rings. The molecule has 0 radical (unpaired) electrons. The van der Waals surface area contributed by atoms with E-state index in [0.717, 1.165) is 34.0 Å². The molecule has 2 aromatic rings. The summed E-state index contributed by atoms with van der Waals surface area (Å²) < 4.78 is 11.0. The highest BCUT2D eigenvalue weighted by Gasteiger charge is 2.25. The van der Waals surface area contributed by atoms with Gasteiger partial charge in [-0.25, -0.2) is 4.98 Å². The van der Waals surface area contributed by atoms with Gasteiger partial charge >= 0.3 is 0 Å². The SMILES string of the molecule is COC(C)(C)c1cc2c(N3CCOCC3)nc(Cl)nc2s1. The Bertz CT molecular complexity index is 653. The van der Waals surface area contributed by atoms with Gasteiger partial charge in [0.25, 0.3) is 0 Å². The van der Waals surface area contributed by atoms with Crippen LogP contribution in [0.1, 0.15) is 18.7 Å². The van der Waals surface area contributed by atoms with Crippen molar-refractivity contribution in [3.8, 4) is 0 Å². The first-order chi connectivity index (χ1) is 10.0. The number of hydrogen-bond acceptors (Lipinski definition) is 6. The van der Waals surface area contributed by atoms with Crippen LogP contribution in [0.15, 0.2) is 6.07 Å². The molecular formula is C14H18ClN3O2S. The minimum absolute atomic E-state index is 0.285. The molecule has 0 aliphatic carbocycles. The molecule has 1 aliphatic rings. The zero-order valence-electron chi connectivity index (χ0n) is 12.4. The molecule has 0 spiro atoms. The van der Waals surface area contributed by atoms with Gasteiger partial charge in [-0.15, -0.1) is 11.3 Å². The van der Waals surface area contributed by atoms with Crippen molar-refractivity contribution in [1.29, 1.82) is 0 Å². The van der Waals surface area contributed by atoms with Crippen LogP contribution in [0, 0.1) is 0 Å². The zero-order valence-corrected chi connectivity index (χ0v) is 13.9. The van der Waals surface area contributed by atoms with Crippen LogP contribution >= 0.6 is 22.9 Å². The standard InChI is InChI=1S/C14H18ClN3O2S/c1-14(2,19-3)10-8-9-11(18-4-6-20-7-5-18)16-13(15)17-12(9)21-10/h8H,4-7H2,1-3H3. The summed E-state index contributed by atoms with van der Waals surface area (Å²) in [4.78, 5) is 13.0. The molecule has 3 heterocycles. The van der Waals surface area contributed by atoms with Crippen molar-refractivity contribution >= 4 is 39.0 Å². The van der Waals surface area contributed by atoms with E-state index in [1.807, 2.05) is 13.8 Å². The van der Waals surface area contributed by atoms with E-state index in [9.17, 15) is 0 Å². The van der Waals surface area contributed by atoms with Gasteiger partial charge in [-0.05, 0) is 31.5 Å². The maximum absolute atomic E-state index is 6.10. The molecule has 0 amide bonds. The summed E-state index contributed by atoms with van der Waals surface area (Å²) >= 11 is 7.70. The Balaban J connectivity index is 2.11. The molecule has 5 nitrogen and oxygen atoms in total. The highest BCUT2D eigenvalue weighted by molar-refractivity contribution is 7.18. The van der Waals surface area contributed by atoms with Crippen LogP contribution in [0.2, 0.25) is 5.28 Å². The van der Waals surface area contributed by atoms with Gasteiger partial charge < -0.3 is 14.4 Å². The fourth-order valence-electron chi connectivity index (χ4n) is 2.29. The molecule has 0 atom stereocenters. The second-order valence-corrected chi connectivity index (χ2v) is 6.83. The summed E-state index contributed by atoms with van der Waals surface area (Å²) in [6, 6.07) is 2.12. The number of ether oxygens (including phenoxy) is 2. The van der Waals surface area contributed by atoms with Crippen molar-refractivity contribution in [2.24, 2.45) is 0 Å². The van der Waals surface area contributed by atoms with Crippen molar-refractivity contribution in [3.05, 3.63) is 16.2 Å². The van der Waals surface area contributed by atoms with Crippen LogP contribution in [0.4, 0.5) is 5.82 Å². The van der Waals surface area contributed by atoms with E-state index < -0.39 is 0 Å². The fourth-order valence-corrected chi connectivity index (χ4v) is 3.62. The molecule has 0 aromatic carbocycles. The Morgan fingerprint density at radius 3 is 2.71 bits per heavy atom. The first-order valence-electron chi connectivity index (χ1n) is 6.86. The predicted molar refractivity (Wildman–Crippen MR) is 85.5 cm³/mol. The van der Waals surface area contributed by atoms with Gasteiger partial charge in [0.2, 0.25) is 5.28 Å². The summed E-state index contributed by atoms with van der Waals surface area (Å²) in [6.07, 6.45) is 0. The smallest absolute Gasteiger partial charge is 0.225 e. The van der Waals surface area contributed by atoms with E-state index in [1.54, 1.807) is 18.4 Å². The van der Waals surface area contributed by atoms with Crippen molar-refractivity contribution in [3.63, 3.8) is 0 Å². The number of rotatable bonds is 3. The molecule has 0 unspecified atom stereocenters. The molecule has 21 heavy (non-hydrogen) atoms. The third-order valence-corrected chi connectivity index (χ3v) is 5.26. The van der Waals surface area contributed by atoms with Gasteiger partial charge in [-0.3, -0.25) is 0 Å². The van der Waals surface area contributed by atoms with Crippen molar-refractivity contribution < 1.29 is 9.47 Å². The number of morpholine rings is 1. The van der Waals surface area contributed by atoms with E-state index in [1.165, 1.54) is 0 Å². The highest BCUT2D eigenvalue weighted by atomic mass is 35.5. The van der Waals surface area contributed by atoms with Gasteiger partial charge in [0.05, 0.1) is 24.2 Å². The molecular weight excluding hydrogens is 310 g/mol. The molecule has 0 N–H and O–H groups in total. The van der Waals surface area contributed by atoms with Gasteiger partial charge in [0.1, 0.15) is 10.6 Å². The lowest BCUT2D eigenvalue weighted by atomic mass is 10.1. The Morgan fingerprint density at radius 1 is 1.33 bits per heavy atom.